The molecular weight excluding hydrogens is 215 g/mol. The number of nitrogens with two attached hydrogens (primary N) is 1. The van der Waals surface area contributed by atoms with Gasteiger partial charge in [-0.15, -0.1) is 0 Å². The van der Waals surface area contributed by atoms with Gasteiger partial charge in [0.05, 0.1) is 6.04 Å². The van der Waals surface area contributed by atoms with Gasteiger partial charge >= 0.3 is 0 Å². The molecule has 1 saturated heterocycles. The lowest BCUT2D eigenvalue weighted by molar-refractivity contribution is 0.117. The minimum atomic E-state index is -0.192. The second-order valence-corrected chi connectivity index (χ2v) is 5.81. The molecule has 1 aromatic carbocycles. The molecule has 0 spiro atoms. The van der Waals surface area contributed by atoms with E-state index in [1.807, 2.05) is 12.1 Å². The molecule has 3 heteroatoms. The van der Waals surface area contributed by atoms with E-state index in [4.69, 9.17) is 5.73 Å². The number of likely N-dealkylation sites (tertiary alicyclic amines) is 1. The lowest BCUT2D eigenvalue weighted by atomic mass is 9.97. The Kier molecular flexibility index (Phi) is 3.23. The zero-order valence-corrected chi connectivity index (χ0v) is 10.8. The monoisotopic (exact) mass is 236 g/mol. The molecule has 2 nitrogen and oxygen atoms in total. The Morgan fingerprint density at radius 3 is 2.35 bits per heavy atom. The van der Waals surface area contributed by atoms with Gasteiger partial charge in [-0.3, -0.25) is 4.90 Å². The van der Waals surface area contributed by atoms with Crippen LogP contribution in [-0.2, 0) is 0 Å². The highest BCUT2D eigenvalue weighted by Gasteiger charge is 2.38. The summed E-state index contributed by atoms with van der Waals surface area (Å²) in [4.78, 5) is 2.41. The average Bonchev–Trinajstić information content (AvgIpc) is 2.61. The first kappa shape index (κ1) is 12.5. The molecule has 17 heavy (non-hydrogen) atoms. The van der Waals surface area contributed by atoms with Gasteiger partial charge in [0.25, 0.3) is 0 Å². The molecular formula is C14H21FN2. The minimum Gasteiger partial charge on any atom is -0.326 e. The average molecular weight is 236 g/mol. The number of hydrogen-bond donors (Lipinski definition) is 1. The van der Waals surface area contributed by atoms with Crippen molar-refractivity contribution in [1.82, 2.24) is 4.90 Å². The maximum atomic E-state index is 13.0. The zero-order valence-electron chi connectivity index (χ0n) is 10.8. The number of hydrogen-bond acceptors (Lipinski definition) is 2. The van der Waals surface area contributed by atoms with E-state index >= 15 is 0 Å². The second kappa shape index (κ2) is 4.39. The van der Waals surface area contributed by atoms with E-state index in [2.05, 4.69) is 25.7 Å². The molecule has 2 atom stereocenters. The standard InChI is InChI=1S/C14H21FN2/c1-14(2,3)17-9-8-12(16)13(17)10-4-6-11(15)7-5-10/h4-7,12-13H,8-9,16H2,1-3H3. The van der Waals surface area contributed by atoms with Gasteiger partial charge in [0.15, 0.2) is 0 Å². The number of benzene rings is 1. The Morgan fingerprint density at radius 2 is 1.82 bits per heavy atom. The van der Waals surface area contributed by atoms with Crippen molar-refractivity contribution >= 4 is 0 Å². The number of nitrogens with zero attached hydrogens (tertiary/aromatic N) is 1. The third-order valence-corrected chi connectivity index (χ3v) is 3.52. The van der Waals surface area contributed by atoms with Crippen molar-refractivity contribution in [3.8, 4) is 0 Å². The first-order valence-electron chi connectivity index (χ1n) is 6.17. The molecule has 0 bridgehead atoms. The summed E-state index contributed by atoms with van der Waals surface area (Å²) in [6.07, 6.45) is 0.999. The maximum Gasteiger partial charge on any atom is 0.123 e. The largest absolute Gasteiger partial charge is 0.326 e. The van der Waals surface area contributed by atoms with Crippen molar-refractivity contribution in [3.05, 3.63) is 35.6 Å². The highest BCUT2D eigenvalue weighted by Crippen LogP contribution is 2.36. The van der Waals surface area contributed by atoms with E-state index in [0.29, 0.717) is 0 Å². The summed E-state index contributed by atoms with van der Waals surface area (Å²) in [5, 5.41) is 0. The van der Waals surface area contributed by atoms with Crippen molar-refractivity contribution in [2.45, 2.75) is 44.8 Å². The number of halogens is 1. The van der Waals surface area contributed by atoms with Gasteiger partial charge in [0.2, 0.25) is 0 Å². The Labute approximate surface area is 103 Å². The van der Waals surface area contributed by atoms with Crippen LogP contribution in [0.3, 0.4) is 0 Å². The van der Waals surface area contributed by atoms with Gasteiger partial charge in [-0.25, -0.2) is 4.39 Å². The highest BCUT2D eigenvalue weighted by molar-refractivity contribution is 5.23. The summed E-state index contributed by atoms with van der Waals surface area (Å²) in [6.45, 7) is 7.59. The Hall–Kier alpha value is -0.930. The molecule has 1 aromatic rings. The van der Waals surface area contributed by atoms with Crippen LogP contribution in [0, 0.1) is 5.82 Å². The van der Waals surface area contributed by atoms with Gasteiger partial charge < -0.3 is 5.73 Å². The van der Waals surface area contributed by atoms with Crippen LogP contribution in [0.4, 0.5) is 4.39 Å². The van der Waals surface area contributed by atoms with Crippen LogP contribution in [-0.4, -0.2) is 23.0 Å². The molecule has 0 aromatic heterocycles. The summed E-state index contributed by atoms with van der Waals surface area (Å²) in [7, 11) is 0. The third kappa shape index (κ3) is 2.50. The van der Waals surface area contributed by atoms with E-state index in [1.165, 1.54) is 12.1 Å². The normalized spacial score (nSPS) is 26.4. The Morgan fingerprint density at radius 1 is 1.24 bits per heavy atom. The molecule has 1 heterocycles. The molecule has 1 fully saturated rings. The van der Waals surface area contributed by atoms with Crippen LogP contribution in [0.2, 0.25) is 0 Å². The Balaban J connectivity index is 2.31. The SMILES string of the molecule is CC(C)(C)N1CCC(N)C1c1ccc(F)cc1. The first-order valence-corrected chi connectivity index (χ1v) is 6.17. The lowest BCUT2D eigenvalue weighted by Crippen LogP contribution is -2.43. The predicted molar refractivity (Wildman–Crippen MR) is 68.2 cm³/mol. The molecule has 1 aliphatic rings. The fourth-order valence-electron chi connectivity index (χ4n) is 2.66. The molecule has 2 N–H and O–H groups in total. The van der Waals surface area contributed by atoms with E-state index in [-0.39, 0.29) is 23.4 Å². The minimum absolute atomic E-state index is 0.0904. The molecule has 0 amide bonds. The molecule has 0 aliphatic carbocycles. The lowest BCUT2D eigenvalue weighted by Gasteiger charge is -2.38. The molecule has 2 unspecified atom stereocenters. The van der Waals surface area contributed by atoms with E-state index < -0.39 is 0 Å². The molecule has 0 radical (unpaired) electrons. The summed E-state index contributed by atoms with van der Waals surface area (Å²) in [5.74, 6) is -0.192. The van der Waals surface area contributed by atoms with Crippen LogP contribution < -0.4 is 5.73 Å². The van der Waals surface area contributed by atoms with Crippen molar-refractivity contribution < 1.29 is 4.39 Å². The quantitative estimate of drug-likeness (QED) is 0.812. The van der Waals surface area contributed by atoms with Gasteiger partial charge in [0.1, 0.15) is 5.82 Å². The van der Waals surface area contributed by atoms with Crippen LogP contribution in [0.5, 0.6) is 0 Å². The fourth-order valence-corrected chi connectivity index (χ4v) is 2.66. The van der Waals surface area contributed by atoms with E-state index in [9.17, 15) is 4.39 Å². The van der Waals surface area contributed by atoms with E-state index in [0.717, 1.165) is 18.5 Å². The van der Waals surface area contributed by atoms with Gasteiger partial charge in [0, 0.05) is 18.1 Å². The molecule has 94 valence electrons. The summed E-state index contributed by atoms with van der Waals surface area (Å²) < 4.78 is 13.0. The third-order valence-electron chi connectivity index (χ3n) is 3.52. The first-order chi connectivity index (χ1) is 7.89. The van der Waals surface area contributed by atoms with Gasteiger partial charge in [-0.05, 0) is 44.9 Å². The van der Waals surface area contributed by atoms with Crippen molar-refractivity contribution in [1.29, 1.82) is 0 Å². The maximum absolute atomic E-state index is 13.0. The molecule has 0 saturated carbocycles. The number of rotatable bonds is 1. The van der Waals surface area contributed by atoms with Crippen LogP contribution >= 0.6 is 0 Å². The summed E-state index contributed by atoms with van der Waals surface area (Å²) in [6, 6.07) is 7.08. The van der Waals surface area contributed by atoms with Gasteiger partial charge in [-0.2, -0.15) is 0 Å². The van der Waals surface area contributed by atoms with Gasteiger partial charge in [-0.1, -0.05) is 12.1 Å². The van der Waals surface area contributed by atoms with Crippen molar-refractivity contribution in [3.63, 3.8) is 0 Å². The summed E-state index contributed by atoms with van der Waals surface area (Å²) in [5.41, 5.74) is 7.41. The Bertz CT molecular complexity index is 380. The zero-order chi connectivity index (χ0) is 12.6. The van der Waals surface area contributed by atoms with Crippen LogP contribution in [0.1, 0.15) is 38.8 Å². The van der Waals surface area contributed by atoms with E-state index in [1.54, 1.807) is 0 Å². The smallest absolute Gasteiger partial charge is 0.123 e. The highest BCUT2D eigenvalue weighted by atomic mass is 19.1. The fraction of sp³-hybridized carbons (Fsp3) is 0.571. The summed E-state index contributed by atoms with van der Waals surface area (Å²) >= 11 is 0. The molecule has 2 rings (SSSR count). The van der Waals surface area contributed by atoms with Crippen molar-refractivity contribution in [2.75, 3.05) is 6.54 Å². The van der Waals surface area contributed by atoms with Crippen LogP contribution in [0.25, 0.3) is 0 Å². The van der Waals surface area contributed by atoms with Crippen molar-refractivity contribution in [2.24, 2.45) is 5.73 Å². The predicted octanol–water partition coefficient (Wildman–Crippen LogP) is 2.70. The molecule has 1 aliphatic heterocycles. The second-order valence-electron chi connectivity index (χ2n) is 5.81. The van der Waals surface area contributed by atoms with Crippen LogP contribution in [0.15, 0.2) is 24.3 Å². The topological polar surface area (TPSA) is 29.3 Å².